The van der Waals surface area contributed by atoms with Crippen LogP contribution in [0.25, 0.3) is 0 Å². The summed E-state index contributed by atoms with van der Waals surface area (Å²) in [4.78, 5) is 34.9. The van der Waals surface area contributed by atoms with Crippen molar-refractivity contribution in [3.05, 3.63) is 104 Å². The largest absolute Gasteiger partial charge is 0.322 e. The van der Waals surface area contributed by atoms with Crippen LogP contribution in [0.2, 0.25) is 0 Å². The van der Waals surface area contributed by atoms with Gasteiger partial charge in [0, 0.05) is 30.1 Å². The van der Waals surface area contributed by atoms with E-state index in [1.54, 1.807) is 12.1 Å². The highest BCUT2D eigenvalue weighted by Gasteiger charge is 2.10. The number of benzene rings is 2. The van der Waals surface area contributed by atoms with E-state index in [1.807, 2.05) is 24.3 Å². The van der Waals surface area contributed by atoms with Gasteiger partial charge < -0.3 is 9.88 Å². The minimum absolute atomic E-state index is 0.0154. The van der Waals surface area contributed by atoms with Crippen molar-refractivity contribution in [2.24, 2.45) is 0 Å². The van der Waals surface area contributed by atoms with Gasteiger partial charge in [0.1, 0.15) is 0 Å². The Balaban J connectivity index is 1.77. The summed E-state index contributed by atoms with van der Waals surface area (Å²) >= 11 is 0. The molecule has 1 heterocycles. The third kappa shape index (κ3) is 4.50. The Kier molecular flexibility index (Phi) is 5.64. The Bertz CT molecular complexity index is 1050. The Morgan fingerprint density at radius 2 is 1.64 bits per heavy atom. The third-order valence-electron chi connectivity index (χ3n) is 4.37. The standard InChI is InChI=1S/C21H19N3O4/c1-2-15-3-8-18(9-4-15)22-21(26)17-7-12-20(25)23(14-17)13-16-5-10-19(11-6-16)24(27)28/h3-12,14H,2,13H2,1H3,(H,22,26). The van der Waals surface area contributed by atoms with E-state index in [4.69, 9.17) is 0 Å². The van der Waals surface area contributed by atoms with Crippen molar-refractivity contribution in [2.75, 3.05) is 5.32 Å². The van der Waals surface area contributed by atoms with Crippen LogP contribution in [0.3, 0.4) is 0 Å². The van der Waals surface area contributed by atoms with E-state index in [2.05, 4.69) is 12.2 Å². The fourth-order valence-corrected chi connectivity index (χ4v) is 2.74. The summed E-state index contributed by atoms with van der Waals surface area (Å²) in [7, 11) is 0. The summed E-state index contributed by atoms with van der Waals surface area (Å²) in [6.07, 6.45) is 2.40. The lowest BCUT2D eigenvalue weighted by Crippen LogP contribution is -2.22. The average molecular weight is 377 g/mol. The number of nitro benzene ring substituents is 1. The molecule has 0 saturated heterocycles. The van der Waals surface area contributed by atoms with E-state index in [9.17, 15) is 19.7 Å². The fraction of sp³-hybridized carbons (Fsp3) is 0.143. The van der Waals surface area contributed by atoms with Crippen LogP contribution >= 0.6 is 0 Å². The molecule has 1 amide bonds. The summed E-state index contributed by atoms with van der Waals surface area (Å²) in [5, 5.41) is 13.5. The van der Waals surface area contributed by atoms with Crippen LogP contribution in [0, 0.1) is 10.1 Å². The van der Waals surface area contributed by atoms with Crippen molar-refractivity contribution in [3.8, 4) is 0 Å². The first-order valence-corrected chi connectivity index (χ1v) is 8.80. The molecule has 0 spiro atoms. The Morgan fingerprint density at radius 1 is 1.00 bits per heavy atom. The van der Waals surface area contributed by atoms with Crippen LogP contribution < -0.4 is 10.9 Å². The van der Waals surface area contributed by atoms with Crippen LogP contribution in [0.4, 0.5) is 11.4 Å². The van der Waals surface area contributed by atoms with Crippen LogP contribution in [-0.2, 0) is 13.0 Å². The Morgan fingerprint density at radius 3 is 2.25 bits per heavy atom. The summed E-state index contributed by atoms with van der Waals surface area (Å²) in [5.74, 6) is -0.318. The van der Waals surface area contributed by atoms with Crippen molar-refractivity contribution < 1.29 is 9.72 Å². The topological polar surface area (TPSA) is 94.2 Å². The van der Waals surface area contributed by atoms with Crippen molar-refractivity contribution >= 4 is 17.3 Å². The van der Waals surface area contributed by atoms with Gasteiger partial charge in [0.25, 0.3) is 17.2 Å². The normalized spacial score (nSPS) is 10.5. The molecule has 0 fully saturated rings. The van der Waals surface area contributed by atoms with Gasteiger partial charge in [-0.3, -0.25) is 19.7 Å². The number of non-ortho nitro benzene ring substituents is 1. The first kappa shape index (κ1) is 19.0. The molecule has 7 heteroatoms. The summed E-state index contributed by atoms with van der Waals surface area (Å²) in [5.41, 5.74) is 2.65. The van der Waals surface area contributed by atoms with Crippen molar-refractivity contribution in [1.82, 2.24) is 4.57 Å². The van der Waals surface area contributed by atoms with Crippen LogP contribution in [0.15, 0.2) is 71.7 Å². The number of carbonyl (C=O) groups is 1. The van der Waals surface area contributed by atoms with Gasteiger partial charge in [0.2, 0.25) is 0 Å². The maximum atomic E-state index is 12.5. The molecule has 0 unspecified atom stereocenters. The Labute approximate surface area is 161 Å². The summed E-state index contributed by atoms with van der Waals surface area (Å²) < 4.78 is 1.40. The SMILES string of the molecule is CCc1ccc(NC(=O)c2ccc(=O)n(Cc3ccc([N+](=O)[O-])cc3)c2)cc1. The molecule has 28 heavy (non-hydrogen) atoms. The highest BCUT2D eigenvalue weighted by atomic mass is 16.6. The number of carbonyl (C=O) groups excluding carboxylic acids is 1. The maximum absolute atomic E-state index is 12.5. The van der Waals surface area contributed by atoms with Gasteiger partial charge in [-0.15, -0.1) is 0 Å². The second-order valence-corrected chi connectivity index (χ2v) is 6.31. The number of rotatable bonds is 6. The number of nitrogens with zero attached hydrogens (tertiary/aromatic N) is 2. The van der Waals surface area contributed by atoms with Gasteiger partial charge in [0.05, 0.1) is 17.0 Å². The number of aromatic nitrogens is 1. The van der Waals surface area contributed by atoms with E-state index >= 15 is 0 Å². The van der Waals surface area contributed by atoms with E-state index in [0.29, 0.717) is 11.3 Å². The lowest BCUT2D eigenvalue weighted by molar-refractivity contribution is -0.384. The number of aryl methyl sites for hydroxylation is 1. The van der Waals surface area contributed by atoms with Gasteiger partial charge in [-0.1, -0.05) is 31.2 Å². The lowest BCUT2D eigenvalue weighted by atomic mass is 10.1. The first-order valence-electron chi connectivity index (χ1n) is 8.80. The number of nitrogens with one attached hydrogen (secondary N) is 1. The van der Waals surface area contributed by atoms with Gasteiger partial charge in [-0.2, -0.15) is 0 Å². The van der Waals surface area contributed by atoms with E-state index in [0.717, 1.165) is 12.0 Å². The smallest absolute Gasteiger partial charge is 0.269 e. The molecule has 7 nitrogen and oxygen atoms in total. The molecule has 0 bridgehead atoms. The quantitative estimate of drug-likeness (QED) is 0.524. The zero-order valence-corrected chi connectivity index (χ0v) is 15.3. The number of amides is 1. The van der Waals surface area contributed by atoms with Gasteiger partial charge >= 0.3 is 0 Å². The highest BCUT2D eigenvalue weighted by molar-refractivity contribution is 6.04. The number of nitro groups is 1. The molecule has 2 aromatic carbocycles. The Hall–Kier alpha value is -3.74. The van der Waals surface area contributed by atoms with Crippen molar-refractivity contribution in [1.29, 1.82) is 0 Å². The molecular formula is C21H19N3O4. The highest BCUT2D eigenvalue weighted by Crippen LogP contribution is 2.14. The minimum Gasteiger partial charge on any atom is -0.322 e. The summed E-state index contributed by atoms with van der Waals surface area (Å²) in [6, 6.07) is 16.3. The molecule has 0 saturated carbocycles. The molecule has 0 atom stereocenters. The number of hydrogen-bond acceptors (Lipinski definition) is 4. The second-order valence-electron chi connectivity index (χ2n) is 6.31. The van der Waals surface area contributed by atoms with Gasteiger partial charge in [0.15, 0.2) is 0 Å². The molecule has 0 aliphatic rings. The van der Waals surface area contributed by atoms with E-state index in [1.165, 1.54) is 40.6 Å². The number of hydrogen-bond donors (Lipinski definition) is 1. The lowest BCUT2D eigenvalue weighted by Gasteiger charge is -2.10. The zero-order valence-electron chi connectivity index (χ0n) is 15.3. The monoisotopic (exact) mass is 377 g/mol. The maximum Gasteiger partial charge on any atom is 0.269 e. The van der Waals surface area contributed by atoms with Gasteiger partial charge in [-0.25, -0.2) is 0 Å². The van der Waals surface area contributed by atoms with Crippen LogP contribution in [-0.4, -0.2) is 15.4 Å². The van der Waals surface area contributed by atoms with Crippen molar-refractivity contribution in [3.63, 3.8) is 0 Å². The molecular weight excluding hydrogens is 358 g/mol. The number of pyridine rings is 1. The second kappa shape index (κ2) is 8.30. The molecule has 3 rings (SSSR count). The fourth-order valence-electron chi connectivity index (χ4n) is 2.74. The summed E-state index contributed by atoms with van der Waals surface area (Å²) in [6.45, 7) is 2.27. The molecule has 0 aliphatic heterocycles. The van der Waals surface area contributed by atoms with Crippen LogP contribution in [0.1, 0.15) is 28.4 Å². The molecule has 1 aromatic heterocycles. The first-order chi connectivity index (χ1) is 13.5. The average Bonchev–Trinajstić information content (AvgIpc) is 2.70. The minimum atomic E-state index is -0.478. The van der Waals surface area contributed by atoms with Gasteiger partial charge in [-0.05, 0) is 35.7 Å². The molecule has 1 N–H and O–H groups in total. The molecule has 0 aliphatic carbocycles. The zero-order chi connectivity index (χ0) is 20.1. The molecule has 0 radical (unpaired) electrons. The van der Waals surface area contributed by atoms with Crippen LogP contribution in [0.5, 0.6) is 0 Å². The predicted molar refractivity (Wildman–Crippen MR) is 107 cm³/mol. The van der Waals surface area contributed by atoms with Crippen molar-refractivity contribution in [2.45, 2.75) is 19.9 Å². The van der Waals surface area contributed by atoms with E-state index < -0.39 is 4.92 Å². The molecule has 3 aromatic rings. The van der Waals surface area contributed by atoms with E-state index in [-0.39, 0.29) is 23.7 Å². The molecule has 142 valence electrons. The number of anilines is 1. The predicted octanol–water partition coefficient (Wildman–Crippen LogP) is 3.62. The third-order valence-corrected chi connectivity index (χ3v) is 4.37.